The topological polar surface area (TPSA) is 74.8 Å². The Bertz CT molecular complexity index is 661. The van der Waals surface area contributed by atoms with Crippen LogP contribution in [0.15, 0.2) is 5.38 Å². The van der Waals surface area contributed by atoms with Gasteiger partial charge in [-0.05, 0) is 13.3 Å². The zero-order chi connectivity index (χ0) is 23.0. The molecule has 7 nitrogen and oxygen atoms in total. The molecule has 0 radical (unpaired) electrons. The van der Waals surface area contributed by atoms with Gasteiger partial charge in [0.2, 0.25) is 11.8 Å². The van der Waals surface area contributed by atoms with Crippen LogP contribution in [0.2, 0.25) is 0 Å². The van der Waals surface area contributed by atoms with Crippen LogP contribution in [0.1, 0.15) is 76.8 Å². The maximum Gasteiger partial charge on any atom is 0.245 e. The van der Waals surface area contributed by atoms with E-state index in [1.165, 1.54) is 56.3 Å². The molecular weight excluding hydrogens is 424 g/mol. The summed E-state index contributed by atoms with van der Waals surface area (Å²) in [5.74, 6) is -0.103. The molecule has 1 saturated heterocycles. The zero-order valence-corrected chi connectivity index (χ0v) is 20.9. The predicted octanol–water partition coefficient (Wildman–Crippen LogP) is 4.47. The largest absolute Gasteiger partial charge is 0.379 e. The molecule has 0 saturated carbocycles. The number of nitrogens with zero attached hydrogens (tertiary/aromatic N) is 3. The highest BCUT2D eigenvalue weighted by atomic mass is 32.1. The van der Waals surface area contributed by atoms with E-state index in [0.29, 0.717) is 18.1 Å². The van der Waals surface area contributed by atoms with Gasteiger partial charge in [0.15, 0.2) is 5.13 Å². The predicted molar refractivity (Wildman–Crippen MR) is 131 cm³/mol. The van der Waals surface area contributed by atoms with E-state index >= 15 is 0 Å². The maximum atomic E-state index is 12.9. The number of carbonyl (C=O) groups is 2. The van der Waals surface area contributed by atoms with Gasteiger partial charge < -0.3 is 15.0 Å². The zero-order valence-electron chi connectivity index (χ0n) is 20.1. The van der Waals surface area contributed by atoms with E-state index < -0.39 is 0 Å². The fourth-order valence-corrected chi connectivity index (χ4v) is 4.57. The number of rotatable bonds is 16. The number of anilines is 1. The van der Waals surface area contributed by atoms with Crippen LogP contribution in [-0.4, -0.2) is 72.5 Å². The Morgan fingerprint density at radius 2 is 1.75 bits per heavy atom. The second-order valence-corrected chi connectivity index (χ2v) is 9.55. The highest BCUT2D eigenvalue weighted by Crippen LogP contribution is 2.15. The molecule has 1 aromatic rings. The van der Waals surface area contributed by atoms with Gasteiger partial charge in [0.1, 0.15) is 0 Å². The average molecular weight is 467 g/mol. The number of aromatic nitrogens is 1. The lowest BCUT2D eigenvalue weighted by atomic mass is 10.1. The Morgan fingerprint density at radius 1 is 1.09 bits per heavy atom. The van der Waals surface area contributed by atoms with Crippen molar-refractivity contribution in [2.24, 2.45) is 0 Å². The van der Waals surface area contributed by atoms with Crippen LogP contribution < -0.4 is 5.32 Å². The molecule has 32 heavy (non-hydrogen) atoms. The Balaban J connectivity index is 1.73. The summed E-state index contributed by atoms with van der Waals surface area (Å²) in [6.07, 6.45) is 11.5. The van der Waals surface area contributed by atoms with Gasteiger partial charge in [-0.1, -0.05) is 58.3 Å². The van der Waals surface area contributed by atoms with Gasteiger partial charge in [-0.2, -0.15) is 0 Å². The summed E-state index contributed by atoms with van der Waals surface area (Å²) in [6.45, 7) is 8.79. The Labute approximate surface area is 197 Å². The summed E-state index contributed by atoms with van der Waals surface area (Å²) >= 11 is 1.41. The summed E-state index contributed by atoms with van der Waals surface area (Å²) in [5.41, 5.74) is 0.885. The van der Waals surface area contributed by atoms with E-state index in [0.717, 1.165) is 51.4 Å². The van der Waals surface area contributed by atoms with E-state index in [2.05, 4.69) is 22.1 Å². The molecule has 0 spiro atoms. The average Bonchev–Trinajstić information content (AvgIpc) is 3.20. The molecule has 1 aliphatic heterocycles. The lowest BCUT2D eigenvalue weighted by Gasteiger charge is -2.30. The second kappa shape index (κ2) is 16.2. The van der Waals surface area contributed by atoms with E-state index in [-0.39, 0.29) is 18.4 Å². The minimum absolute atomic E-state index is 0.0756. The number of aryl methyl sites for hydroxylation is 1. The molecule has 1 N–H and O–H groups in total. The number of hydrogen-bond donors (Lipinski definition) is 1. The quantitative estimate of drug-likeness (QED) is 0.364. The third-order valence-corrected chi connectivity index (χ3v) is 6.71. The summed E-state index contributed by atoms with van der Waals surface area (Å²) < 4.78 is 5.41. The van der Waals surface area contributed by atoms with Crippen LogP contribution >= 0.6 is 11.3 Å². The Hall–Kier alpha value is -1.51. The van der Waals surface area contributed by atoms with Crippen LogP contribution in [0, 0.1) is 6.92 Å². The van der Waals surface area contributed by atoms with Gasteiger partial charge >= 0.3 is 0 Å². The lowest BCUT2D eigenvalue weighted by molar-refractivity contribution is -0.135. The van der Waals surface area contributed by atoms with Crippen LogP contribution in [0.3, 0.4) is 0 Å². The fourth-order valence-electron chi connectivity index (χ4n) is 3.87. The lowest BCUT2D eigenvalue weighted by Crippen LogP contribution is -2.45. The van der Waals surface area contributed by atoms with Crippen molar-refractivity contribution in [2.45, 2.75) is 78.1 Å². The van der Waals surface area contributed by atoms with Gasteiger partial charge in [0, 0.05) is 38.0 Å². The maximum absolute atomic E-state index is 12.9. The normalized spacial score (nSPS) is 14.4. The molecule has 8 heteroatoms. The minimum Gasteiger partial charge on any atom is -0.379 e. The summed E-state index contributed by atoms with van der Waals surface area (Å²) in [5, 5.41) is 5.33. The third-order valence-electron chi connectivity index (χ3n) is 5.84. The van der Waals surface area contributed by atoms with Crippen LogP contribution in [0.5, 0.6) is 0 Å². The molecular formula is C24H42N4O3S. The first-order valence-electron chi connectivity index (χ1n) is 12.4. The van der Waals surface area contributed by atoms with E-state index in [9.17, 15) is 9.59 Å². The van der Waals surface area contributed by atoms with Crippen molar-refractivity contribution in [3.05, 3.63) is 11.1 Å². The number of unbranched alkanes of at least 4 members (excludes halogenated alkanes) is 8. The molecule has 0 atom stereocenters. The molecule has 1 aromatic heterocycles. The first-order valence-corrected chi connectivity index (χ1v) is 13.3. The minimum atomic E-state index is -0.179. The molecule has 2 heterocycles. The molecule has 1 aliphatic rings. The number of amides is 2. The first kappa shape index (κ1) is 26.7. The van der Waals surface area contributed by atoms with Crippen LogP contribution in [0.4, 0.5) is 5.13 Å². The van der Waals surface area contributed by atoms with Gasteiger partial charge in [-0.25, -0.2) is 4.98 Å². The third kappa shape index (κ3) is 11.4. The number of morpholine rings is 1. The molecule has 2 amide bonds. The van der Waals surface area contributed by atoms with Gasteiger partial charge in [0.05, 0.1) is 25.5 Å². The van der Waals surface area contributed by atoms with Crippen molar-refractivity contribution >= 4 is 28.3 Å². The second-order valence-electron chi connectivity index (χ2n) is 8.69. The molecule has 182 valence electrons. The van der Waals surface area contributed by atoms with Crippen LogP contribution in [0.25, 0.3) is 0 Å². The molecule has 0 bridgehead atoms. The first-order chi connectivity index (χ1) is 15.6. The number of carbonyl (C=O) groups excluding carboxylic acids is 2. The molecule has 0 unspecified atom stereocenters. The summed E-state index contributed by atoms with van der Waals surface area (Å²) in [7, 11) is 0. The monoisotopic (exact) mass is 466 g/mol. The van der Waals surface area contributed by atoms with Crippen molar-refractivity contribution in [1.82, 2.24) is 14.8 Å². The van der Waals surface area contributed by atoms with Crippen molar-refractivity contribution in [1.29, 1.82) is 0 Å². The van der Waals surface area contributed by atoms with Gasteiger partial charge in [-0.3, -0.25) is 14.5 Å². The van der Waals surface area contributed by atoms with Crippen molar-refractivity contribution in [3.63, 3.8) is 0 Å². The highest BCUT2D eigenvalue weighted by Gasteiger charge is 2.19. The summed E-state index contributed by atoms with van der Waals surface area (Å²) in [6, 6.07) is 0. The van der Waals surface area contributed by atoms with E-state index in [1.807, 2.05) is 12.3 Å². The van der Waals surface area contributed by atoms with Crippen molar-refractivity contribution in [3.8, 4) is 0 Å². The summed E-state index contributed by atoms with van der Waals surface area (Å²) in [4.78, 5) is 33.7. The van der Waals surface area contributed by atoms with E-state index in [1.54, 1.807) is 4.90 Å². The Morgan fingerprint density at radius 3 is 2.38 bits per heavy atom. The highest BCUT2D eigenvalue weighted by molar-refractivity contribution is 7.13. The van der Waals surface area contributed by atoms with Gasteiger partial charge in [0.25, 0.3) is 0 Å². The number of nitrogens with one attached hydrogen (secondary N) is 1. The number of hydrogen-bond acceptors (Lipinski definition) is 6. The van der Waals surface area contributed by atoms with Crippen molar-refractivity contribution in [2.75, 3.05) is 51.3 Å². The fraction of sp³-hybridized carbons (Fsp3) is 0.792. The standard InChI is InChI=1S/C24H42N4O3S/c1-3-4-5-6-7-8-9-10-11-12-23(30)28(14-13-27-15-17-31-18-16-27)19-22(29)26-24-25-21(2)20-32-24/h20H,3-19H2,1-2H3,(H,25,26,29). The van der Waals surface area contributed by atoms with Gasteiger partial charge in [-0.15, -0.1) is 11.3 Å². The molecule has 0 aliphatic carbocycles. The van der Waals surface area contributed by atoms with E-state index in [4.69, 9.17) is 4.74 Å². The molecule has 1 fully saturated rings. The number of thiazole rings is 1. The molecule has 2 rings (SSSR count). The smallest absolute Gasteiger partial charge is 0.245 e. The Kier molecular flexibility index (Phi) is 13.5. The van der Waals surface area contributed by atoms with Crippen molar-refractivity contribution < 1.29 is 14.3 Å². The molecule has 0 aromatic carbocycles. The SMILES string of the molecule is CCCCCCCCCCCC(=O)N(CCN1CCOCC1)CC(=O)Nc1nc(C)cs1. The number of ether oxygens (including phenoxy) is 1. The van der Waals surface area contributed by atoms with Crippen LogP contribution in [-0.2, 0) is 14.3 Å².